The van der Waals surface area contributed by atoms with Gasteiger partial charge in [-0.2, -0.15) is 0 Å². The van der Waals surface area contributed by atoms with Crippen molar-refractivity contribution in [3.63, 3.8) is 0 Å². The molecule has 8 nitrogen and oxygen atoms in total. The molecule has 0 spiro atoms. The number of hydrogen-bond donors (Lipinski definition) is 1. The molecule has 0 aliphatic heterocycles. The van der Waals surface area contributed by atoms with Crippen LogP contribution in [0.1, 0.15) is 24.0 Å². The Bertz CT molecular complexity index is 1350. The molecule has 0 aliphatic rings. The number of hydrogen-bond acceptors (Lipinski definition) is 5. The summed E-state index contributed by atoms with van der Waals surface area (Å²) in [6.07, 6.45) is 1.74. The van der Waals surface area contributed by atoms with Gasteiger partial charge in [0.2, 0.25) is 21.8 Å². The van der Waals surface area contributed by atoms with E-state index < -0.39 is 16.1 Å². The highest BCUT2D eigenvalue weighted by Gasteiger charge is 2.30. The van der Waals surface area contributed by atoms with Gasteiger partial charge < -0.3 is 15.0 Å². The van der Waals surface area contributed by atoms with Crippen LogP contribution in [0.5, 0.6) is 5.75 Å². The van der Waals surface area contributed by atoms with Crippen molar-refractivity contribution in [2.45, 2.75) is 31.8 Å². The van der Waals surface area contributed by atoms with E-state index in [2.05, 4.69) is 5.32 Å². The molecule has 0 radical (unpaired) electrons. The first kappa shape index (κ1) is 30.0. The number of nitrogens with zero attached hydrogens (tertiary/aromatic N) is 2. The average molecular weight is 572 g/mol. The van der Waals surface area contributed by atoms with Crippen LogP contribution < -0.4 is 14.4 Å². The fraction of sp³-hybridized carbons (Fsp3) is 0.310. The van der Waals surface area contributed by atoms with Gasteiger partial charge in [-0.25, -0.2) is 8.42 Å². The highest BCUT2D eigenvalue weighted by atomic mass is 35.5. The van der Waals surface area contributed by atoms with Crippen LogP contribution in [-0.2, 0) is 32.6 Å². The van der Waals surface area contributed by atoms with Gasteiger partial charge in [0.25, 0.3) is 0 Å². The first-order chi connectivity index (χ1) is 18.6. The molecule has 0 aliphatic carbocycles. The molecule has 0 saturated carbocycles. The van der Waals surface area contributed by atoms with Crippen molar-refractivity contribution in [3.05, 3.63) is 95.0 Å². The number of likely N-dealkylation sites (N-methyl/N-ethyl adjacent to an activating group) is 1. The lowest BCUT2D eigenvalue weighted by molar-refractivity contribution is -0.141. The lowest BCUT2D eigenvalue weighted by Gasteiger charge is -2.31. The van der Waals surface area contributed by atoms with Crippen LogP contribution in [0.4, 0.5) is 5.69 Å². The van der Waals surface area contributed by atoms with Gasteiger partial charge in [-0.1, -0.05) is 72.3 Å². The van der Waals surface area contributed by atoms with Crippen molar-refractivity contribution >= 4 is 39.1 Å². The van der Waals surface area contributed by atoms with Gasteiger partial charge in [-0.15, -0.1) is 0 Å². The molecular formula is C29H34ClN3O5S. The Balaban J connectivity index is 1.83. The van der Waals surface area contributed by atoms with Gasteiger partial charge in [-0.05, 0) is 35.7 Å². The molecule has 0 fully saturated rings. The van der Waals surface area contributed by atoms with Crippen LogP contribution in [0, 0.1) is 0 Å². The summed E-state index contributed by atoms with van der Waals surface area (Å²) in [6.45, 7) is 0.310. The zero-order valence-electron chi connectivity index (χ0n) is 22.3. The van der Waals surface area contributed by atoms with Crippen LogP contribution in [0.25, 0.3) is 0 Å². The van der Waals surface area contributed by atoms with Gasteiger partial charge >= 0.3 is 0 Å². The Hall–Kier alpha value is -3.56. The fourth-order valence-electron chi connectivity index (χ4n) is 4.32. The van der Waals surface area contributed by atoms with Crippen LogP contribution in [0.15, 0.2) is 78.9 Å². The van der Waals surface area contributed by atoms with Gasteiger partial charge in [0, 0.05) is 33.0 Å². The molecule has 2 amide bonds. The van der Waals surface area contributed by atoms with E-state index in [0.29, 0.717) is 17.9 Å². The lowest BCUT2D eigenvalue weighted by Crippen LogP contribution is -2.49. The Morgan fingerprint density at radius 1 is 0.974 bits per heavy atom. The molecule has 1 atom stereocenters. The number of rotatable bonds is 13. The topological polar surface area (TPSA) is 96.0 Å². The molecule has 0 heterocycles. The molecule has 3 aromatic rings. The monoisotopic (exact) mass is 571 g/mol. The van der Waals surface area contributed by atoms with Gasteiger partial charge in [0.05, 0.1) is 24.1 Å². The summed E-state index contributed by atoms with van der Waals surface area (Å²) < 4.78 is 31.6. The van der Waals surface area contributed by atoms with E-state index >= 15 is 0 Å². The van der Waals surface area contributed by atoms with E-state index in [0.717, 1.165) is 17.4 Å². The third-order valence-electron chi connectivity index (χ3n) is 6.29. The minimum atomic E-state index is -3.65. The van der Waals surface area contributed by atoms with Crippen molar-refractivity contribution in [1.82, 2.24) is 10.2 Å². The summed E-state index contributed by atoms with van der Waals surface area (Å²) in [4.78, 5) is 28.2. The Labute approximate surface area is 235 Å². The van der Waals surface area contributed by atoms with Crippen molar-refractivity contribution in [1.29, 1.82) is 0 Å². The molecule has 39 heavy (non-hydrogen) atoms. The van der Waals surface area contributed by atoms with Crippen LogP contribution >= 0.6 is 11.6 Å². The second kappa shape index (κ2) is 14.0. The normalized spacial score (nSPS) is 11.9. The van der Waals surface area contributed by atoms with Gasteiger partial charge in [0.15, 0.2) is 0 Å². The van der Waals surface area contributed by atoms with Gasteiger partial charge in [-0.3, -0.25) is 13.9 Å². The smallest absolute Gasteiger partial charge is 0.242 e. The van der Waals surface area contributed by atoms with E-state index in [1.54, 1.807) is 24.1 Å². The number of methoxy groups -OCH3 is 1. The molecule has 1 N–H and O–H groups in total. The number of anilines is 1. The number of amides is 2. The number of carbonyl (C=O) groups excluding carboxylic acids is 2. The van der Waals surface area contributed by atoms with Crippen molar-refractivity contribution < 1.29 is 22.7 Å². The fourth-order valence-corrected chi connectivity index (χ4v) is 5.52. The molecule has 0 unspecified atom stereocenters. The van der Waals surface area contributed by atoms with E-state index in [1.807, 2.05) is 60.7 Å². The van der Waals surface area contributed by atoms with E-state index in [4.69, 9.17) is 16.3 Å². The maximum absolute atomic E-state index is 13.6. The highest BCUT2D eigenvalue weighted by Crippen LogP contribution is 2.30. The standard InChI is InChI=1S/C29H34ClN3O5S/c1-31-29(35)26(19-22-11-6-4-7-12-22)32(21-23-13-8-5-9-14-23)28(34)15-10-18-33(39(3,36)37)24-16-17-27(38-2)25(30)20-24/h4-9,11-14,16-17,20,26H,10,15,18-19,21H2,1-3H3,(H,31,35)/t26-/m1/s1. The number of benzene rings is 3. The predicted octanol–water partition coefficient (Wildman–Crippen LogP) is 4.28. The number of sulfonamides is 1. The summed E-state index contributed by atoms with van der Waals surface area (Å²) in [7, 11) is -0.621. The summed E-state index contributed by atoms with van der Waals surface area (Å²) >= 11 is 6.23. The first-order valence-electron chi connectivity index (χ1n) is 12.5. The summed E-state index contributed by atoms with van der Waals surface area (Å²) in [5.74, 6) is -0.0855. The van der Waals surface area contributed by atoms with Gasteiger partial charge in [0.1, 0.15) is 11.8 Å². The summed E-state index contributed by atoms with van der Waals surface area (Å²) in [6, 6.07) is 23.0. The zero-order chi connectivity index (χ0) is 28.4. The van der Waals surface area contributed by atoms with Crippen LogP contribution in [0.2, 0.25) is 5.02 Å². The van der Waals surface area contributed by atoms with Crippen molar-refractivity contribution in [3.8, 4) is 5.75 Å². The average Bonchev–Trinajstić information content (AvgIpc) is 2.93. The lowest BCUT2D eigenvalue weighted by atomic mass is 10.0. The molecule has 0 bridgehead atoms. The number of halogens is 1. The molecule has 10 heteroatoms. The molecule has 0 aromatic heterocycles. The van der Waals surface area contributed by atoms with E-state index in [9.17, 15) is 18.0 Å². The summed E-state index contributed by atoms with van der Waals surface area (Å²) in [5.41, 5.74) is 2.19. The minimum Gasteiger partial charge on any atom is -0.495 e. The Kier molecular flexibility index (Phi) is 10.8. The van der Waals surface area contributed by atoms with E-state index in [-0.39, 0.29) is 42.8 Å². The molecule has 3 rings (SSSR count). The molecule has 3 aromatic carbocycles. The third-order valence-corrected chi connectivity index (χ3v) is 7.78. The van der Waals surface area contributed by atoms with E-state index in [1.165, 1.54) is 17.5 Å². The highest BCUT2D eigenvalue weighted by molar-refractivity contribution is 7.92. The van der Waals surface area contributed by atoms with Crippen molar-refractivity contribution in [2.24, 2.45) is 0 Å². The number of carbonyl (C=O) groups is 2. The predicted molar refractivity (Wildman–Crippen MR) is 154 cm³/mol. The second-order valence-corrected chi connectivity index (χ2v) is 11.4. The first-order valence-corrected chi connectivity index (χ1v) is 14.8. The third kappa shape index (κ3) is 8.46. The second-order valence-electron chi connectivity index (χ2n) is 9.08. The minimum absolute atomic E-state index is 0.0467. The number of ether oxygens (including phenoxy) is 1. The Morgan fingerprint density at radius 3 is 2.13 bits per heavy atom. The quantitative estimate of drug-likeness (QED) is 0.330. The SMILES string of the molecule is CNC(=O)[C@@H](Cc1ccccc1)N(Cc1ccccc1)C(=O)CCCN(c1ccc(OC)c(Cl)c1)S(C)(=O)=O. The molecular weight excluding hydrogens is 538 g/mol. The number of nitrogens with one attached hydrogen (secondary N) is 1. The largest absolute Gasteiger partial charge is 0.495 e. The maximum atomic E-state index is 13.6. The van der Waals surface area contributed by atoms with Crippen LogP contribution in [0.3, 0.4) is 0 Å². The summed E-state index contributed by atoms with van der Waals surface area (Å²) in [5, 5.41) is 2.97. The zero-order valence-corrected chi connectivity index (χ0v) is 23.9. The maximum Gasteiger partial charge on any atom is 0.242 e. The molecule has 0 saturated heterocycles. The van der Waals surface area contributed by atoms with Crippen LogP contribution in [-0.4, -0.2) is 58.1 Å². The Morgan fingerprint density at radius 2 is 1.59 bits per heavy atom. The molecule has 208 valence electrons. The van der Waals surface area contributed by atoms with Crippen molar-refractivity contribution in [2.75, 3.05) is 31.3 Å².